The van der Waals surface area contributed by atoms with E-state index >= 15 is 0 Å². The van der Waals surface area contributed by atoms with Crippen molar-refractivity contribution in [2.75, 3.05) is 32.4 Å². The highest BCUT2D eigenvalue weighted by Gasteiger charge is 2.28. The molecule has 2 aromatic rings. The molecule has 2 aliphatic rings. The number of hydrogen-bond donors (Lipinski definition) is 0. The molecule has 0 atom stereocenters. The van der Waals surface area contributed by atoms with Crippen LogP contribution < -0.4 is 0 Å². The number of carbonyl (C=O) groups is 1. The summed E-state index contributed by atoms with van der Waals surface area (Å²) in [4.78, 5) is 26.5. The van der Waals surface area contributed by atoms with Gasteiger partial charge >= 0.3 is 0 Å². The third-order valence-electron chi connectivity index (χ3n) is 6.05. The Labute approximate surface area is 164 Å². The Balaban J connectivity index is 1.45. The zero-order valence-electron chi connectivity index (χ0n) is 16.4. The Hall–Kier alpha value is -1.67. The van der Waals surface area contributed by atoms with Gasteiger partial charge in [0, 0.05) is 49.2 Å². The maximum Gasteiger partial charge on any atom is 0.253 e. The van der Waals surface area contributed by atoms with Gasteiger partial charge in [0.15, 0.2) is 0 Å². The highest BCUT2D eigenvalue weighted by Crippen LogP contribution is 2.24. The van der Waals surface area contributed by atoms with Gasteiger partial charge in [-0.1, -0.05) is 24.6 Å². The zero-order valence-corrected chi connectivity index (χ0v) is 17.3. The molecule has 0 radical (unpaired) electrons. The highest BCUT2D eigenvalue weighted by atomic mass is 32.2. The van der Waals surface area contributed by atoms with Crippen LogP contribution in [0, 0.1) is 13.8 Å². The molecule has 2 aromatic heterocycles. The Morgan fingerprint density at radius 1 is 1.11 bits per heavy atom. The first-order valence-corrected chi connectivity index (χ1v) is 11.1. The van der Waals surface area contributed by atoms with E-state index in [0.717, 1.165) is 49.2 Å². The van der Waals surface area contributed by atoms with Crippen molar-refractivity contribution in [1.82, 2.24) is 29.4 Å². The number of amides is 1. The predicted octanol–water partition coefficient (Wildman–Crippen LogP) is 2.09. The first-order valence-electron chi connectivity index (χ1n) is 9.85. The van der Waals surface area contributed by atoms with Crippen LogP contribution in [0.1, 0.15) is 42.6 Å². The molecule has 3 heterocycles. The SMILES string of the molecule is CSc1nc2nc(C)c(CC(=O)N3CCN(C4CCCC4)CC3)c(C)n2n1. The molecule has 0 bridgehead atoms. The van der Waals surface area contributed by atoms with E-state index in [4.69, 9.17) is 0 Å². The molecule has 0 aromatic carbocycles. The van der Waals surface area contributed by atoms with Gasteiger partial charge in [-0.15, -0.1) is 5.10 Å². The molecule has 4 rings (SSSR count). The van der Waals surface area contributed by atoms with Gasteiger partial charge in [0.05, 0.1) is 6.42 Å². The molecule has 0 unspecified atom stereocenters. The van der Waals surface area contributed by atoms with Crippen molar-refractivity contribution in [1.29, 1.82) is 0 Å². The number of thioether (sulfide) groups is 1. The fourth-order valence-corrected chi connectivity index (χ4v) is 4.74. The normalized spacial score (nSPS) is 19.3. The standard InChI is InChI=1S/C19H28N6OS/c1-13-16(14(2)25-18(20-13)21-19(22-25)27-3)12-17(26)24-10-8-23(9-11-24)15-6-4-5-7-15/h15H,4-12H2,1-3H3. The molecule has 1 aliphatic carbocycles. The molecule has 27 heavy (non-hydrogen) atoms. The van der Waals surface area contributed by atoms with Gasteiger partial charge in [-0.25, -0.2) is 9.50 Å². The van der Waals surface area contributed by atoms with Crippen LogP contribution in [0.5, 0.6) is 0 Å². The molecule has 146 valence electrons. The Kier molecular flexibility index (Phi) is 5.36. The molecule has 1 saturated carbocycles. The minimum Gasteiger partial charge on any atom is -0.340 e. The number of rotatable bonds is 4. The molecule has 1 saturated heterocycles. The van der Waals surface area contributed by atoms with Crippen molar-refractivity contribution in [3.63, 3.8) is 0 Å². The number of aromatic nitrogens is 4. The monoisotopic (exact) mass is 388 g/mol. The van der Waals surface area contributed by atoms with Gasteiger partial charge in [-0.2, -0.15) is 4.98 Å². The lowest BCUT2D eigenvalue weighted by atomic mass is 10.1. The first-order chi connectivity index (χ1) is 13.1. The quantitative estimate of drug-likeness (QED) is 0.747. The van der Waals surface area contributed by atoms with Crippen molar-refractivity contribution in [2.24, 2.45) is 0 Å². The molecular formula is C19H28N6OS. The maximum atomic E-state index is 12.9. The molecule has 1 amide bonds. The lowest BCUT2D eigenvalue weighted by Gasteiger charge is -2.38. The van der Waals surface area contributed by atoms with E-state index in [1.165, 1.54) is 37.4 Å². The predicted molar refractivity (Wildman–Crippen MR) is 106 cm³/mol. The van der Waals surface area contributed by atoms with E-state index in [9.17, 15) is 4.79 Å². The molecular weight excluding hydrogens is 360 g/mol. The van der Waals surface area contributed by atoms with E-state index in [2.05, 4.69) is 20.0 Å². The second-order valence-electron chi connectivity index (χ2n) is 7.60. The highest BCUT2D eigenvalue weighted by molar-refractivity contribution is 7.98. The molecule has 0 N–H and O–H groups in total. The Bertz CT molecular complexity index is 836. The summed E-state index contributed by atoms with van der Waals surface area (Å²) in [6.07, 6.45) is 7.71. The summed E-state index contributed by atoms with van der Waals surface area (Å²) in [5.41, 5.74) is 2.81. The van der Waals surface area contributed by atoms with Crippen LogP contribution in [-0.2, 0) is 11.2 Å². The number of aryl methyl sites for hydroxylation is 2. The summed E-state index contributed by atoms with van der Waals surface area (Å²) in [5.74, 6) is 0.800. The van der Waals surface area contributed by atoms with Crippen LogP contribution in [0.25, 0.3) is 5.78 Å². The smallest absolute Gasteiger partial charge is 0.253 e. The number of piperazine rings is 1. The molecule has 2 fully saturated rings. The number of nitrogens with zero attached hydrogens (tertiary/aromatic N) is 6. The molecule has 0 spiro atoms. The number of fused-ring (bicyclic) bond motifs is 1. The molecule has 7 nitrogen and oxygen atoms in total. The fraction of sp³-hybridized carbons (Fsp3) is 0.684. The minimum absolute atomic E-state index is 0.193. The largest absolute Gasteiger partial charge is 0.340 e. The number of carbonyl (C=O) groups excluding carboxylic acids is 1. The summed E-state index contributed by atoms with van der Waals surface area (Å²) in [7, 11) is 0. The van der Waals surface area contributed by atoms with Gasteiger partial charge in [0.1, 0.15) is 0 Å². The summed E-state index contributed by atoms with van der Waals surface area (Å²) >= 11 is 1.50. The molecule has 1 aliphatic heterocycles. The van der Waals surface area contributed by atoms with E-state index in [1.807, 2.05) is 25.0 Å². The summed E-state index contributed by atoms with van der Waals surface area (Å²) < 4.78 is 1.76. The van der Waals surface area contributed by atoms with Crippen LogP contribution in [0.2, 0.25) is 0 Å². The minimum atomic E-state index is 0.193. The average Bonchev–Trinajstić information content (AvgIpc) is 3.35. The van der Waals surface area contributed by atoms with E-state index in [1.54, 1.807) is 4.52 Å². The fourth-order valence-electron chi connectivity index (χ4n) is 4.40. The van der Waals surface area contributed by atoms with Gasteiger partial charge in [-0.3, -0.25) is 9.69 Å². The van der Waals surface area contributed by atoms with Crippen molar-refractivity contribution in [2.45, 2.75) is 57.1 Å². The van der Waals surface area contributed by atoms with E-state index in [-0.39, 0.29) is 5.91 Å². The van der Waals surface area contributed by atoms with Crippen molar-refractivity contribution in [3.8, 4) is 0 Å². The Morgan fingerprint density at radius 3 is 2.48 bits per heavy atom. The van der Waals surface area contributed by atoms with Gasteiger partial charge in [-0.05, 0) is 32.9 Å². The molecule has 8 heteroatoms. The van der Waals surface area contributed by atoms with Gasteiger partial charge < -0.3 is 4.90 Å². The lowest BCUT2D eigenvalue weighted by molar-refractivity contribution is -0.132. The second-order valence-corrected chi connectivity index (χ2v) is 8.38. The summed E-state index contributed by atoms with van der Waals surface area (Å²) in [5, 5.41) is 5.19. The van der Waals surface area contributed by atoms with Crippen LogP contribution in [0.4, 0.5) is 0 Å². The van der Waals surface area contributed by atoms with Crippen LogP contribution in [0.15, 0.2) is 5.16 Å². The van der Waals surface area contributed by atoms with Crippen molar-refractivity contribution in [3.05, 3.63) is 17.0 Å². The van der Waals surface area contributed by atoms with Gasteiger partial charge in [0.2, 0.25) is 11.1 Å². The van der Waals surface area contributed by atoms with Crippen molar-refractivity contribution < 1.29 is 4.79 Å². The zero-order chi connectivity index (χ0) is 19.0. The number of hydrogen-bond acceptors (Lipinski definition) is 6. The van der Waals surface area contributed by atoms with Crippen LogP contribution >= 0.6 is 11.8 Å². The van der Waals surface area contributed by atoms with Crippen LogP contribution in [0.3, 0.4) is 0 Å². The van der Waals surface area contributed by atoms with Crippen molar-refractivity contribution >= 4 is 23.4 Å². The van der Waals surface area contributed by atoms with E-state index in [0.29, 0.717) is 17.4 Å². The Morgan fingerprint density at radius 2 is 1.81 bits per heavy atom. The first kappa shape index (κ1) is 18.7. The third kappa shape index (κ3) is 3.69. The topological polar surface area (TPSA) is 66.6 Å². The summed E-state index contributed by atoms with van der Waals surface area (Å²) in [6, 6.07) is 0.747. The lowest BCUT2D eigenvalue weighted by Crippen LogP contribution is -2.51. The summed E-state index contributed by atoms with van der Waals surface area (Å²) in [6.45, 7) is 7.64. The second kappa shape index (κ2) is 7.75. The third-order valence-corrected chi connectivity index (χ3v) is 6.59. The van der Waals surface area contributed by atoms with Gasteiger partial charge in [0.25, 0.3) is 5.78 Å². The average molecular weight is 389 g/mol. The van der Waals surface area contributed by atoms with E-state index < -0.39 is 0 Å². The maximum absolute atomic E-state index is 12.9. The van der Waals surface area contributed by atoms with Crippen LogP contribution in [-0.4, -0.2) is 73.8 Å².